The van der Waals surface area contributed by atoms with Crippen LogP contribution in [0.4, 0.5) is 0 Å². The molecule has 5 aromatic rings. The predicted octanol–water partition coefficient (Wildman–Crippen LogP) is 2.86. The van der Waals surface area contributed by atoms with Gasteiger partial charge in [0.25, 0.3) is 5.91 Å². The SMILES string of the molecule is COc1cccc(-c2cc(C)c(-n3ncc4c(=N)n(NC(=O)c5ccccc5)cnc43)nn2)c1. The molecule has 0 bridgehead atoms. The molecule has 0 spiro atoms. The number of fused-ring (bicyclic) bond motifs is 1. The van der Waals surface area contributed by atoms with Gasteiger partial charge in [-0.05, 0) is 42.8 Å². The Kier molecular flexibility index (Phi) is 5.30. The largest absolute Gasteiger partial charge is 0.497 e. The van der Waals surface area contributed by atoms with Crippen LogP contribution in [-0.2, 0) is 0 Å². The van der Waals surface area contributed by atoms with E-state index in [4.69, 9.17) is 10.1 Å². The van der Waals surface area contributed by atoms with E-state index in [9.17, 15) is 4.79 Å². The lowest BCUT2D eigenvalue weighted by atomic mass is 10.1. The topological polar surface area (TPSA) is 124 Å². The van der Waals surface area contributed by atoms with Crippen molar-refractivity contribution in [3.05, 3.63) is 89.8 Å². The Hall–Kier alpha value is -4.86. The van der Waals surface area contributed by atoms with Crippen molar-refractivity contribution in [2.75, 3.05) is 12.5 Å². The summed E-state index contributed by atoms with van der Waals surface area (Å²) in [5, 5.41) is 22.1. The van der Waals surface area contributed by atoms with E-state index < -0.39 is 0 Å². The lowest BCUT2D eigenvalue weighted by Gasteiger charge is -2.10. The molecule has 1 amide bonds. The number of nitrogens with zero attached hydrogens (tertiary/aromatic N) is 6. The number of nitrogens with one attached hydrogen (secondary N) is 2. The molecule has 0 saturated heterocycles. The van der Waals surface area contributed by atoms with Crippen LogP contribution in [0.15, 0.2) is 73.2 Å². The zero-order valence-electron chi connectivity index (χ0n) is 18.4. The minimum atomic E-state index is -0.345. The second-order valence-electron chi connectivity index (χ2n) is 7.53. The number of aromatic nitrogens is 6. The van der Waals surface area contributed by atoms with Crippen molar-refractivity contribution >= 4 is 16.9 Å². The number of aryl methyl sites for hydroxylation is 1. The molecule has 0 fully saturated rings. The van der Waals surface area contributed by atoms with Crippen LogP contribution in [0.1, 0.15) is 15.9 Å². The van der Waals surface area contributed by atoms with Crippen LogP contribution in [-0.4, -0.2) is 42.7 Å². The van der Waals surface area contributed by atoms with Crippen molar-refractivity contribution < 1.29 is 9.53 Å². The molecule has 34 heavy (non-hydrogen) atoms. The highest BCUT2D eigenvalue weighted by Gasteiger charge is 2.15. The number of benzene rings is 2. The summed E-state index contributed by atoms with van der Waals surface area (Å²) in [6, 6.07) is 18.3. The van der Waals surface area contributed by atoms with Crippen LogP contribution >= 0.6 is 0 Å². The first-order valence-electron chi connectivity index (χ1n) is 10.4. The normalized spacial score (nSPS) is 10.9. The van der Waals surface area contributed by atoms with Crippen molar-refractivity contribution in [2.24, 2.45) is 0 Å². The number of carbonyl (C=O) groups is 1. The molecule has 2 aromatic carbocycles. The van der Waals surface area contributed by atoms with E-state index in [1.165, 1.54) is 21.9 Å². The Bertz CT molecular complexity index is 1570. The molecule has 0 unspecified atom stereocenters. The molecule has 5 rings (SSSR count). The maximum absolute atomic E-state index is 12.5. The zero-order chi connectivity index (χ0) is 23.7. The van der Waals surface area contributed by atoms with Crippen molar-refractivity contribution in [3.8, 4) is 22.8 Å². The summed E-state index contributed by atoms with van der Waals surface area (Å²) in [5.41, 5.74) is 6.04. The molecule has 10 heteroatoms. The average Bonchev–Trinajstić information content (AvgIpc) is 3.30. The fourth-order valence-electron chi connectivity index (χ4n) is 3.55. The molecule has 0 aliphatic rings. The van der Waals surface area contributed by atoms with E-state index in [0.717, 1.165) is 16.9 Å². The van der Waals surface area contributed by atoms with Gasteiger partial charge in [-0.2, -0.15) is 9.78 Å². The summed E-state index contributed by atoms with van der Waals surface area (Å²) >= 11 is 0. The monoisotopic (exact) mass is 452 g/mol. The average molecular weight is 452 g/mol. The summed E-state index contributed by atoms with van der Waals surface area (Å²) in [4.78, 5) is 16.9. The van der Waals surface area contributed by atoms with E-state index >= 15 is 0 Å². The lowest BCUT2D eigenvalue weighted by molar-refractivity contribution is 0.101. The van der Waals surface area contributed by atoms with Gasteiger partial charge in [-0.15, -0.1) is 10.2 Å². The Morgan fingerprint density at radius 2 is 1.88 bits per heavy atom. The predicted molar refractivity (Wildman–Crippen MR) is 125 cm³/mol. The summed E-state index contributed by atoms with van der Waals surface area (Å²) in [5.74, 6) is 0.890. The first kappa shape index (κ1) is 21.0. The van der Waals surface area contributed by atoms with Gasteiger partial charge in [-0.3, -0.25) is 15.6 Å². The third-order valence-corrected chi connectivity index (χ3v) is 5.32. The number of ether oxygens (including phenoxy) is 1. The Morgan fingerprint density at radius 3 is 2.65 bits per heavy atom. The zero-order valence-corrected chi connectivity index (χ0v) is 18.4. The number of hydrogen-bond acceptors (Lipinski definition) is 7. The second kappa shape index (κ2) is 8.58. The first-order chi connectivity index (χ1) is 16.5. The van der Waals surface area contributed by atoms with Crippen LogP contribution in [0.2, 0.25) is 0 Å². The highest BCUT2D eigenvalue weighted by Crippen LogP contribution is 2.24. The van der Waals surface area contributed by atoms with Gasteiger partial charge in [0.05, 0.1) is 24.4 Å². The summed E-state index contributed by atoms with van der Waals surface area (Å²) in [6.45, 7) is 1.91. The van der Waals surface area contributed by atoms with Crippen molar-refractivity contribution in [2.45, 2.75) is 6.92 Å². The molecule has 0 radical (unpaired) electrons. The van der Waals surface area contributed by atoms with E-state index in [1.807, 2.05) is 43.3 Å². The maximum atomic E-state index is 12.5. The fraction of sp³-hybridized carbons (Fsp3) is 0.0833. The van der Waals surface area contributed by atoms with Crippen molar-refractivity contribution in [1.29, 1.82) is 5.41 Å². The van der Waals surface area contributed by atoms with Gasteiger partial charge in [0, 0.05) is 11.1 Å². The summed E-state index contributed by atoms with van der Waals surface area (Å²) in [7, 11) is 1.62. The van der Waals surface area contributed by atoms with Crippen LogP contribution in [0.3, 0.4) is 0 Å². The molecule has 2 N–H and O–H groups in total. The lowest BCUT2D eigenvalue weighted by Crippen LogP contribution is -2.33. The molecule has 168 valence electrons. The molecule has 3 heterocycles. The van der Waals surface area contributed by atoms with E-state index in [0.29, 0.717) is 28.1 Å². The third-order valence-electron chi connectivity index (χ3n) is 5.32. The molecular formula is C24H20N8O2. The third kappa shape index (κ3) is 3.77. The number of methoxy groups -OCH3 is 1. The summed E-state index contributed by atoms with van der Waals surface area (Å²) < 4.78 is 8.08. The quantitative estimate of drug-likeness (QED) is 0.423. The second-order valence-corrected chi connectivity index (χ2v) is 7.53. The van der Waals surface area contributed by atoms with Gasteiger partial charge < -0.3 is 4.74 Å². The number of carbonyl (C=O) groups excluding carboxylic acids is 1. The number of rotatable bonds is 5. The highest BCUT2D eigenvalue weighted by molar-refractivity contribution is 5.99. The Labute approximate surface area is 194 Å². The highest BCUT2D eigenvalue weighted by atomic mass is 16.5. The minimum absolute atomic E-state index is 0.0409. The van der Waals surface area contributed by atoms with Crippen LogP contribution in [0.5, 0.6) is 5.75 Å². The van der Waals surface area contributed by atoms with Gasteiger partial charge in [0.2, 0.25) is 0 Å². The van der Waals surface area contributed by atoms with Gasteiger partial charge in [-0.25, -0.2) is 9.66 Å². The van der Waals surface area contributed by atoms with Crippen LogP contribution < -0.4 is 15.7 Å². The molecule has 0 saturated carbocycles. The molecule has 3 aromatic heterocycles. The molecular weight excluding hydrogens is 432 g/mol. The van der Waals surface area contributed by atoms with E-state index in [-0.39, 0.29) is 11.4 Å². The smallest absolute Gasteiger partial charge is 0.270 e. The van der Waals surface area contributed by atoms with Crippen LogP contribution in [0.25, 0.3) is 28.1 Å². The van der Waals surface area contributed by atoms with Gasteiger partial charge in [-0.1, -0.05) is 30.3 Å². The molecule has 0 aliphatic carbocycles. The van der Waals surface area contributed by atoms with E-state index in [1.54, 1.807) is 31.4 Å². The standard InChI is InChI=1S/C24H20N8O2/c1-15-11-20(17-9-6-10-18(12-17)34-2)28-29-22(15)32-23-19(13-27-32)21(25)31(14-26-23)30-24(33)16-7-4-3-5-8-16/h3-14,25H,1-2H3,(H,30,33). The van der Waals surface area contributed by atoms with Crippen molar-refractivity contribution in [3.63, 3.8) is 0 Å². The van der Waals surface area contributed by atoms with Crippen molar-refractivity contribution in [1.82, 2.24) is 29.6 Å². The van der Waals surface area contributed by atoms with Gasteiger partial charge in [0.15, 0.2) is 17.0 Å². The maximum Gasteiger partial charge on any atom is 0.270 e. The van der Waals surface area contributed by atoms with Crippen LogP contribution in [0, 0.1) is 12.3 Å². The van der Waals surface area contributed by atoms with E-state index in [2.05, 4.69) is 25.7 Å². The fourth-order valence-corrected chi connectivity index (χ4v) is 3.55. The number of amides is 1. The summed E-state index contributed by atoms with van der Waals surface area (Å²) in [6.07, 6.45) is 2.89. The molecule has 0 atom stereocenters. The molecule has 10 nitrogen and oxygen atoms in total. The Morgan fingerprint density at radius 1 is 1.06 bits per heavy atom. The molecule has 0 aliphatic heterocycles. The van der Waals surface area contributed by atoms with Gasteiger partial charge >= 0.3 is 0 Å². The Balaban J connectivity index is 1.48. The minimum Gasteiger partial charge on any atom is -0.497 e. The number of hydrogen-bond donors (Lipinski definition) is 2. The first-order valence-corrected chi connectivity index (χ1v) is 10.4. The van der Waals surface area contributed by atoms with Gasteiger partial charge in [0.1, 0.15) is 12.1 Å².